The Morgan fingerprint density at radius 2 is 1.96 bits per heavy atom. The van der Waals surface area contributed by atoms with Crippen molar-refractivity contribution in [3.63, 3.8) is 0 Å². The molecule has 0 N–H and O–H groups in total. The van der Waals surface area contributed by atoms with E-state index in [9.17, 15) is 10.1 Å². The maximum absolute atomic E-state index is 11.3. The van der Waals surface area contributed by atoms with Gasteiger partial charge in [0.2, 0.25) is 0 Å². The van der Waals surface area contributed by atoms with E-state index in [1.165, 1.54) is 12.4 Å². The highest BCUT2D eigenvalue weighted by molar-refractivity contribution is 6.35. The maximum atomic E-state index is 11.3. The lowest BCUT2D eigenvalue weighted by Crippen LogP contribution is -2.42. The first-order valence-corrected chi connectivity index (χ1v) is 8.67. The van der Waals surface area contributed by atoms with E-state index in [0.29, 0.717) is 16.3 Å². The molecule has 1 heterocycles. The van der Waals surface area contributed by atoms with Crippen LogP contribution in [0.1, 0.15) is 5.56 Å². The second-order valence-electron chi connectivity index (χ2n) is 5.77. The Labute approximate surface area is 165 Å². The van der Waals surface area contributed by atoms with Gasteiger partial charge in [0, 0.05) is 28.0 Å². The van der Waals surface area contributed by atoms with Crippen molar-refractivity contribution in [1.29, 1.82) is 0 Å². The van der Waals surface area contributed by atoms with Crippen molar-refractivity contribution in [1.82, 2.24) is 9.55 Å². The molecule has 0 saturated heterocycles. The zero-order chi connectivity index (χ0) is 19.3. The number of halogens is 2. The summed E-state index contributed by atoms with van der Waals surface area (Å²) in [6.07, 6.45) is 4.77. The largest absolute Gasteiger partial charge is 0.491 e. The molecule has 1 aromatic heterocycles. The molecule has 0 radical (unpaired) electrons. The number of hydrogen-bond acceptors (Lipinski definition) is 5. The van der Waals surface area contributed by atoms with Crippen LogP contribution in [0.25, 0.3) is 0 Å². The van der Waals surface area contributed by atoms with Gasteiger partial charge in [0.1, 0.15) is 12.4 Å². The first-order valence-electron chi connectivity index (χ1n) is 7.91. The van der Waals surface area contributed by atoms with E-state index in [0.717, 1.165) is 0 Å². The molecule has 0 aliphatic rings. The normalized spacial score (nSPS) is 13.0. The summed E-state index contributed by atoms with van der Waals surface area (Å²) in [4.78, 5) is 20.5. The number of ether oxygens (including phenoxy) is 1. The number of hydrogen-bond donors (Lipinski definition) is 0. The van der Waals surface area contributed by atoms with Crippen molar-refractivity contribution < 1.29 is 14.7 Å². The Bertz CT molecular complexity index is 906. The first kappa shape index (κ1) is 19.0. The number of nitrogens with zero attached hydrogens (tertiary/aromatic N) is 3. The third-order valence-electron chi connectivity index (χ3n) is 3.88. The Kier molecular flexibility index (Phi) is 5.83. The van der Waals surface area contributed by atoms with E-state index >= 15 is 0 Å². The number of aromatic nitrogens is 2. The van der Waals surface area contributed by atoms with Crippen LogP contribution in [-0.4, -0.2) is 21.2 Å². The van der Waals surface area contributed by atoms with Gasteiger partial charge in [0.05, 0.1) is 12.9 Å². The van der Waals surface area contributed by atoms with Crippen LogP contribution in [0.15, 0.2) is 67.3 Å². The predicted molar refractivity (Wildman–Crippen MR) is 100 cm³/mol. The molecular weight excluding hydrogens is 393 g/mol. The molecule has 9 heteroatoms. The lowest BCUT2D eigenvalue weighted by Gasteiger charge is -2.32. The smallest absolute Gasteiger partial charge is 0.295 e. The van der Waals surface area contributed by atoms with Crippen LogP contribution in [0.3, 0.4) is 0 Å². The maximum Gasteiger partial charge on any atom is 0.295 e. The van der Waals surface area contributed by atoms with Gasteiger partial charge >= 0.3 is 0 Å². The van der Waals surface area contributed by atoms with E-state index in [2.05, 4.69) is 4.98 Å². The van der Waals surface area contributed by atoms with Gasteiger partial charge in [0.15, 0.2) is 5.60 Å². The van der Waals surface area contributed by atoms with E-state index in [1.54, 1.807) is 53.4 Å². The van der Waals surface area contributed by atoms with Crippen LogP contribution in [0.2, 0.25) is 10.0 Å². The summed E-state index contributed by atoms with van der Waals surface area (Å²) in [7, 11) is 0. The van der Waals surface area contributed by atoms with Crippen molar-refractivity contribution in [2.75, 3.05) is 6.61 Å². The standard InChI is InChI=1S/C18H15Cl2N3O4/c19-14-6-7-16(17(20)10-14)18(27-23(24)25,11-22-9-8-21-13-22)12-26-15-4-2-1-3-5-15/h1-10,13H,11-12H2. The quantitative estimate of drug-likeness (QED) is 0.409. The van der Waals surface area contributed by atoms with Crippen LogP contribution in [0, 0.1) is 10.1 Å². The summed E-state index contributed by atoms with van der Waals surface area (Å²) in [5.74, 6) is 0.546. The molecule has 140 valence electrons. The summed E-state index contributed by atoms with van der Waals surface area (Å²) in [6, 6.07) is 13.6. The highest BCUT2D eigenvalue weighted by atomic mass is 35.5. The molecule has 0 saturated carbocycles. The molecule has 0 amide bonds. The Balaban J connectivity index is 2.04. The summed E-state index contributed by atoms with van der Waals surface area (Å²) in [5.41, 5.74) is -1.13. The number of imidazole rings is 1. The summed E-state index contributed by atoms with van der Waals surface area (Å²) < 4.78 is 7.46. The fraction of sp³-hybridized carbons (Fsp3) is 0.167. The van der Waals surface area contributed by atoms with Crippen LogP contribution < -0.4 is 4.74 Å². The number of rotatable bonds is 8. The SMILES string of the molecule is O=[N+]([O-])OC(COc1ccccc1)(Cn1ccnc1)c1ccc(Cl)cc1Cl. The second-order valence-corrected chi connectivity index (χ2v) is 6.61. The van der Waals surface area contributed by atoms with E-state index in [-0.39, 0.29) is 18.2 Å². The Morgan fingerprint density at radius 1 is 1.19 bits per heavy atom. The molecule has 3 rings (SSSR count). The highest BCUT2D eigenvalue weighted by Crippen LogP contribution is 2.36. The van der Waals surface area contributed by atoms with Gasteiger partial charge in [0.25, 0.3) is 5.09 Å². The average molecular weight is 408 g/mol. The fourth-order valence-corrected chi connectivity index (χ4v) is 3.29. The number of para-hydroxylation sites is 1. The summed E-state index contributed by atoms with van der Waals surface area (Å²) in [5, 5.41) is 11.1. The molecule has 0 spiro atoms. The van der Waals surface area contributed by atoms with Crippen LogP contribution >= 0.6 is 23.2 Å². The minimum absolute atomic E-state index is 0.0577. The van der Waals surface area contributed by atoms with Crippen molar-refractivity contribution in [3.05, 3.63) is 93.0 Å². The predicted octanol–water partition coefficient (Wildman–Crippen LogP) is 4.37. The molecule has 3 aromatic rings. The molecule has 7 nitrogen and oxygen atoms in total. The minimum atomic E-state index is -1.51. The molecule has 27 heavy (non-hydrogen) atoms. The minimum Gasteiger partial charge on any atom is -0.491 e. The van der Waals surface area contributed by atoms with Crippen molar-refractivity contribution in [2.24, 2.45) is 0 Å². The topological polar surface area (TPSA) is 79.4 Å². The lowest BCUT2D eigenvalue weighted by atomic mass is 9.94. The van der Waals surface area contributed by atoms with Gasteiger partial charge in [-0.25, -0.2) is 4.98 Å². The lowest BCUT2D eigenvalue weighted by molar-refractivity contribution is -0.785. The van der Waals surface area contributed by atoms with Crippen molar-refractivity contribution in [3.8, 4) is 5.75 Å². The third kappa shape index (κ3) is 4.69. The molecule has 1 atom stereocenters. The Hall–Kier alpha value is -2.77. The number of benzene rings is 2. The molecule has 0 aliphatic carbocycles. The molecule has 0 fully saturated rings. The molecular formula is C18H15Cl2N3O4. The summed E-state index contributed by atoms with van der Waals surface area (Å²) >= 11 is 12.3. The van der Waals surface area contributed by atoms with Crippen molar-refractivity contribution in [2.45, 2.75) is 12.1 Å². The zero-order valence-corrected chi connectivity index (χ0v) is 15.5. The third-order valence-corrected chi connectivity index (χ3v) is 4.43. The fourth-order valence-electron chi connectivity index (χ4n) is 2.71. The van der Waals surface area contributed by atoms with Crippen LogP contribution in [0.5, 0.6) is 5.75 Å². The molecule has 2 aromatic carbocycles. The van der Waals surface area contributed by atoms with Gasteiger partial charge < -0.3 is 9.30 Å². The van der Waals surface area contributed by atoms with Gasteiger partial charge in [-0.3, -0.25) is 4.84 Å². The second kappa shape index (κ2) is 8.28. The van der Waals surface area contributed by atoms with Gasteiger partial charge in [-0.15, -0.1) is 10.1 Å². The van der Waals surface area contributed by atoms with Crippen LogP contribution in [0.4, 0.5) is 0 Å². The van der Waals surface area contributed by atoms with E-state index in [1.807, 2.05) is 6.07 Å². The molecule has 0 bridgehead atoms. The van der Waals surface area contributed by atoms with Crippen molar-refractivity contribution >= 4 is 23.2 Å². The van der Waals surface area contributed by atoms with E-state index < -0.39 is 10.7 Å². The van der Waals surface area contributed by atoms with Crippen LogP contribution in [-0.2, 0) is 17.0 Å². The van der Waals surface area contributed by atoms with Gasteiger partial charge in [-0.2, -0.15) is 0 Å². The van der Waals surface area contributed by atoms with Gasteiger partial charge in [-0.1, -0.05) is 47.5 Å². The van der Waals surface area contributed by atoms with E-state index in [4.69, 9.17) is 32.8 Å². The molecule has 1 unspecified atom stereocenters. The molecule has 0 aliphatic heterocycles. The highest BCUT2D eigenvalue weighted by Gasteiger charge is 2.40. The Morgan fingerprint density at radius 3 is 2.59 bits per heavy atom. The van der Waals surface area contributed by atoms with Gasteiger partial charge in [-0.05, 0) is 24.3 Å². The summed E-state index contributed by atoms with van der Waals surface area (Å²) in [6.45, 7) is -0.0975. The monoisotopic (exact) mass is 407 g/mol. The zero-order valence-electron chi connectivity index (χ0n) is 14.0. The first-order chi connectivity index (χ1) is 13.0. The average Bonchev–Trinajstić information content (AvgIpc) is 3.13.